The Morgan fingerprint density at radius 2 is 2.21 bits per heavy atom. The molecule has 2 aliphatic heterocycles. The summed E-state index contributed by atoms with van der Waals surface area (Å²) in [5.41, 5.74) is 0.181. The first-order valence-electron chi connectivity index (χ1n) is 8.41. The second-order valence-corrected chi connectivity index (χ2v) is 9.35. The van der Waals surface area contributed by atoms with Crippen LogP contribution in [0.15, 0.2) is 59.4 Å². The Bertz CT molecular complexity index is 1010. The molecular weight excluding hydrogens is 416 g/mol. The van der Waals surface area contributed by atoms with Crippen molar-refractivity contribution in [1.82, 2.24) is 4.90 Å². The van der Waals surface area contributed by atoms with E-state index in [-0.39, 0.29) is 11.4 Å². The lowest BCUT2D eigenvalue weighted by molar-refractivity contribution is -0.114. The maximum absolute atomic E-state index is 12.4. The van der Waals surface area contributed by atoms with Gasteiger partial charge >= 0.3 is 0 Å². The van der Waals surface area contributed by atoms with E-state index in [1.165, 1.54) is 23.5 Å². The fourth-order valence-electron chi connectivity index (χ4n) is 2.46. The average Bonchev–Trinajstić information content (AvgIpc) is 3.38. The summed E-state index contributed by atoms with van der Waals surface area (Å²) in [4.78, 5) is 18.1. The van der Waals surface area contributed by atoms with Crippen molar-refractivity contribution in [1.29, 1.82) is 5.41 Å². The normalized spacial score (nSPS) is 18.1. The van der Waals surface area contributed by atoms with Gasteiger partial charge in [-0.25, -0.2) is 4.90 Å². The second kappa shape index (κ2) is 8.06. The van der Waals surface area contributed by atoms with Crippen molar-refractivity contribution in [3.05, 3.63) is 47.6 Å². The molecule has 4 heterocycles. The maximum Gasteiger partial charge on any atom is 0.283 e. The summed E-state index contributed by atoms with van der Waals surface area (Å²) < 4.78 is 15.4. The minimum atomic E-state index is -0.462. The molecule has 0 spiro atoms. The Kier molecular flexibility index (Phi) is 5.51. The number of hydrogen-bond donors (Lipinski definition) is 1. The van der Waals surface area contributed by atoms with E-state index < -0.39 is 5.91 Å². The lowest BCUT2D eigenvalue weighted by atomic mass is 10.1. The number of rotatable bonds is 5. The zero-order chi connectivity index (χ0) is 19.7. The summed E-state index contributed by atoms with van der Waals surface area (Å²) in [7, 11) is 0. The number of carbonyl (C=O) groups is 1. The number of hydrogen-bond acceptors (Lipinski definition) is 8. The Labute approximate surface area is 174 Å². The van der Waals surface area contributed by atoms with Gasteiger partial charge < -0.3 is 8.83 Å². The summed E-state index contributed by atoms with van der Waals surface area (Å²) >= 11 is 4.14. The first-order chi connectivity index (χ1) is 13.5. The van der Waals surface area contributed by atoms with E-state index in [9.17, 15) is 4.79 Å². The van der Waals surface area contributed by atoms with Crippen LogP contribution < -0.4 is 0 Å². The molecule has 0 fully saturated rings. The van der Waals surface area contributed by atoms with E-state index >= 15 is 0 Å². The number of fused-ring (bicyclic) bond motifs is 1. The summed E-state index contributed by atoms with van der Waals surface area (Å²) in [6.45, 7) is 4.10. The smallest absolute Gasteiger partial charge is 0.283 e. The molecule has 28 heavy (non-hydrogen) atoms. The van der Waals surface area contributed by atoms with Gasteiger partial charge in [0, 0.05) is 5.25 Å². The Balaban J connectivity index is 1.52. The van der Waals surface area contributed by atoms with Crippen molar-refractivity contribution in [3.63, 3.8) is 0 Å². The molecule has 4 rings (SSSR count). The number of thioether (sulfide) groups is 2. The van der Waals surface area contributed by atoms with Crippen molar-refractivity contribution in [3.8, 4) is 0 Å². The lowest BCUT2D eigenvalue weighted by Crippen LogP contribution is -2.41. The van der Waals surface area contributed by atoms with Crippen LogP contribution >= 0.6 is 35.5 Å². The summed E-state index contributed by atoms with van der Waals surface area (Å²) in [5, 5.41) is 10.6. The highest BCUT2D eigenvalue weighted by Crippen LogP contribution is 2.33. The largest absolute Gasteiger partial charge is 0.468 e. The van der Waals surface area contributed by atoms with Gasteiger partial charge in [-0.3, -0.25) is 10.2 Å². The average molecular weight is 433 g/mol. The molecule has 0 saturated carbocycles. The van der Waals surface area contributed by atoms with Crippen LogP contribution in [0.2, 0.25) is 0 Å². The summed E-state index contributed by atoms with van der Waals surface area (Å²) in [6, 6.07) is 7.35. The molecule has 2 aromatic rings. The number of nitrogens with zero attached hydrogens (tertiary/aromatic N) is 3. The maximum atomic E-state index is 12.4. The number of amides is 1. The molecule has 7 nitrogen and oxygen atoms in total. The number of furan rings is 2. The van der Waals surface area contributed by atoms with Gasteiger partial charge in [0.2, 0.25) is 5.17 Å². The Morgan fingerprint density at radius 1 is 1.36 bits per heavy atom. The highest BCUT2D eigenvalue weighted by atomic mass is 32.2. The predicted octanol–water partition coefficient (Wildman–Crippen LogP) is 4.88. The fraction of sp³-hybridized carbons (Fsp3) is 0.222. The summed E-state index contributed by atoms with van der Waals surface area (Å²) in [6.07, 6.45) is 3.19. The van der Waals surface area contributed by atoms with Crippen molar-refractivity contribution in [2.45, 2.75) is 29.9 Å². The van der Waals surface area contributed by atoms with Gasteiger partial charge in [-0.15, -0.1) is 0 Å². The van der Waals surface area contributed by atoms with Gasteiger partial charge in [-0.2, -0.15) is 9.39 Å². The second-order valence-electron chi connectivity index (χ2n) is 6.10. The van der Waals surface area contributed by atoms with Crippen LogP contribution in [-0.4, -0.2) is 32.2 Å². The number of nitrogens with one attached hydrogen (secondary N) is 1. The first-order valence-corrected chi connectivity index (χ1v) is 11.1. The third kappa shape index (κ3) is 3.98. The van der Waals surface area contributed by atoms with Gasteiger partial charge in [0.05, 0.1) is 29.5 Å². The molecule has 144 valence electrons. The molecule has 0 radical (unpaired) electrons. The van der Waals surface area contributed by atoms with Crippen LogP contribution in [0.25, 0.3) is 6.08 Å². The van der Waals surface area contributed by atoms with Crippen molar-refractivity contribution in [2.75, 3.05) is 0 Å². The van der Waals surface area contributed by atoms with Gasteiger partial charge in [-0.1, -0.05) is 37.4 Å². The molecule has 0 saturated heterocycles. The summed E-state index contributed by atoms with van der Waals surface area (Å²) in [5.74, 6) is 1.60. The molecule has 0 bridgehead atoms. The van der Waals surface area contributed by atoms with Gasteiger partial charge in [0.25, 0.3) is 5.91 Å². The molecule has 1 N–H and O–H groups in total. The highest BCUT2D eigenvalue weighted by molar-refractivity contribution is 8.19. The topological polar surface area (TPSA) is 95.2 Å². The molecule has 0 aliphatic carbocycles. The Morgan fingerprint density at radius 3 is 2.96 bits per heavy atom. The van der Waals surface area contributed by atoms with E-state index in [4.69, 9.17) is 14.2 Å². The van der Waals surface area contributed by atoms with Crippen molar-refractivity contribution in [2.24, 2.45) is 9.39 Å². The van der Waals surface area contributed by atoms with E-state index in [2.05, 4.69) is 9.39 Å². The molecule has 10 heteroatoms. The minimum absolute atomic E-state index is 0.0630. The number of aliphatic imine (C=N–C) groups is 1. The van der Waals surface area contributed by atoms with E-state index in [1.54, 1.807) is 23.3 Å². The van der Waals surface area contributed by atoms with E-state index in [0.29, 0.717) is 32.2 Å². The van der Waals surface area contributed by atoms with Crippen molar-refractivity contribution < 1.29 is 13.6 Å². The monoisotopic (exact) mass is 432 g/mol. The van der Waals surface area contributed by atoms with E-state index in [1.807, 2.05) is 32.0 Å². The van der Waals surface area contributed by atoms with Crippen LogP contribution in [0.1, 0.15) is 25.4 Å². The Hall–Kier alpha value is -2.17. The molecule has 2 aromatic heterocycles. The molecular formula is C18H16N4O3S3. The fourth-order valence-corrected chi connectivity index (χ4v) is 4.90. The third-order valence-electron chi connectivity index (χ3n) is 3.66. The zero-order valence-corrected chi connectivity index (χ0v) is 17.5. The SMILES string of the molecule is CC(C)SC1=NSC2=NC(=O)/C(=C\c3ccc(SCc4ccco4)o3)C(=N)N21. The number of amidine groups is 3. The van der Waals surface area contributed by atoms with Gasteiger partial charge in [0.15, 0.2) is 10.3 Å². The molecule has 0 unspecified atom stereocenters. The van der Waals surface area contributed by atoms with Gasteiger partial charge in [0.1, 0.15) is 17.4 Å². The van der Waals surface area contributed by atoms with Crippen LogP contribution in [0.3, 0.4) is 0 Å². The predicted molar refractivity (Wildman–Crippen MR) is 115 cm³/mol. The first kappa shape index (κ1) is 19.2. The molecule has 0 atom stereocenters. The quantitative estimate of drug-likeness (QED) is 0.408. The van der Waals surface area contributed by atoms with E-state index in [0.717, 1.165) is 17.7 Å². The minimum Gasteiger partial charge on any atom is -0.468 e. The zero-order valence-electron chi connectivity index (χ0n) is 15.0. The standard InChI is InChI=1S/C18H16N4O3S3/c1-10(2)27-18-21-28-17-20-16(23)13(15(19)22(17)18)8-11-5-6-14(25-11)26-9-12-4-3-7-24-12/h3-8,10,19H,9H2,1-2H3/b13-8-,19-15?. The van der Waals surface area contributed by atoms with Crippen molar-refractivity contribution >= 4 is 63.6 Å². The molecule has 0 aromatic carbocycles. The van der Waals surface area contributed by atoms with Gasteiger partial charge in [-0.05, 0) is 30.3 Å². The van der Waals surface area contributed by atoms with Crippen LogP contribution in [0.4, 0.5) is 0 Å². The third-order valence-corrected chi connectivity index (χ3v) is 6.37. The molecule has 2 aliphatic rings. The lowest BCUT2D eigenvalue weighted by Gasteiger charge is -2.24. The molecule has 1 amide bonds. The highest BCUT2D eigenvalue weighted by Gasteiger charge is 2.37. The van der Waals surface area contributed by atoms with Crippen LogP contribution in [0.5, 0.6) is 0 Å². The van der Waals surface area contributed by atoms with Crippen LogP contribution in [0, 0.1) is 5.41 Å². The number of carbonyl (C=O) groups excluding carboxylic acids is 1. The van der Waals surface area contributed by atoms with Crippen LogP contribution in [-0.2, 0) is 10.5 Å².